The second-order valence-electron chi connectivity index (χ2n) is 8.07. The van der Waals surface area contributed by atoms with E-state index in [1.807, 2.05) is 23.6 Å². The number of fused-ring (bicyclic) bond motifs is 1. The zero-order chi connectivity index (χ0) is 19.0. The third-order valence-electron chi connectivity index (χ3n) is 6.42. The number of aromatic nitrogens is 2. The molecule has 0 amide bonds. The van der Waals surface area contributed by atoms with Gasteiger partial charge in [-0.3, -0.25) is 4.57 Å². The molecular weight excluding hydrogens is 362 g/mol. The summed E-state index contributed by atoms with van der Waals surface area (Å²) in [5.41, 5.74) is 2.81. The van der Waals surface area contributed by atoms with Gasteiger partial charge < -0.3 is 14.6 Å². The lowest BCUT2D eigenvalue weighted by Crippen LogP contribution is -2.45. The molecule has 1 aromatic carbocycles. The molecule has 2 aliphatic rings. The number of halogens is 1. The van der Waals surface area contributed by atoms with Crippen molar-refractivity contribution < 1.29 is 4.74 Å². The van der Waals surface area contributed by atoms with E-state index in [0.717, 1.165) is 54.2 Å². The third kappa shape index (κ3) is 3.82. The Morgan fingerprint density at radius 2 is 1.81 bits per heavy atom. The fraction of sp³-hybridized carbons (Fsp3) is 0.667. The molecule has 148 valence electrons. The molecule has 6 heteroatoms. The molecule has 5 nitrogen and oxygen atoms in total. The summed E-state index contributed by atoms with van der Waals surface area (Å²) in [5, 5.41) is 0.721. The summed E-state index contributed by atoms with van der Waals surface area (Å²) >= 11 is 6.32. The first-order chi connectivity index (χ1) is 13.1. The third-order valence-corrected chi connectivity index (χ3v) is 6.83. The van der Waals surface area contributed by atoms with Crippen LogP contribution in [0.1, 0.15) is 57.1 Å². The van der Waals surface area contributed by atoms with Gasteiger partial charge in [-0.15, -0.1) is 0 Å². The van der Waals surface area contributed by atoms with Crippen molar-refractivity contribution in [2.75, 3.05) is 19.7 Å². The minimum Gasteiger partial charge on any atom is -0.379 e. The summed E-state index contributed by atoms with van der Waals surface area (Å²) in [6.45, 7) is 7.00. The smallest absolute Gasteiger partial charge is 0.326 e. The van der Waals surface area contributed by atoms with Gasteiger partial charge in [0.05, 0.1) is 17.1 Å². The summed E-state index contributed by atoms with van der Waals surface area (Å²) in [6.07, 6.45) is 7.32. The molecule has 1 N–H and O–H groups in total. The van der Waals surface area contributed by atoms with Crippen molar-refractivity contribution in [2.45, 2.75) is 70.6 Å². The second kappa shape index (κ2) is 7.98. The van der Waals surface area contributed by atoms with E-state index in [1.54, 1.807) is 0 Å². The van der Waals surface area contributed by atoms with E-state index in [2.05, 4.69) is 16.8 Å². The van der Waals surface area contributed by atoms with Crippen molar-refractivity contribution >= 4 is 22.6 Å². The highest BCUT2D eigenvalue weighted by Crippen LogP contribution is 2.31. The van der Waals surface area contributed by atoms with Gasteiger partial charge in [-0.2, -0.15) is 0 Å². The van der Waals surface area contributed by atoms with Crippen LogP contribution in [0.25, 0.3) is 11.0 Å². The number of nitrogens with one attached hydrogen (secondary N) is 1. The molecule has 0 unspecified atom stereocenters. The van der Waals surface area contributed by atoms with Crippen LogP contribution < -0.4 is 5.69 Å². The standard InChI is InChI=1S/C21H30ClN3O2/c1-3-27-17-6-4-15(5-7-17)24-10-8-16(9-11-24)25-20-13-18(22)14(2)12-19(20)23-21(25)26/h12-13,15-17H,3-11H2,1-2H3,(H,23,26). The summed E-state index contributed by atoms with van der Waals surface area (Å²) in [6, 6.07) is 4.84. The van der Waals surface area contributed by atoms with Crippen molar-refractivity contribution in [3.63, 3.8) is 0 Å². The van der Waals surface area contributed by atoms with Gasteiger partial charge in [0.2, 0.25) is 0 Å². The minimum atomic E-state index is -0.0117. The fourth-order valence-electron chi connectivity index (χ4n) is 4.94. The number of hydrogen-bond donors (Lipinski definition) is 1. The molecule has 1 aliphatic carbocycles. The normalized spacial score (nSPS) is 25.3. The number of H-pyrrole nitrogens is 1. The summed E-state index contributed by atoms with van der Waals surface area (Å²) < 4.78 is 7.72. The number of piperidine rings is 1. The first-order valence-corrected chi connectivity index (χ1v) is 10.7. The fourth-order valence-corrected chi connectivity index (χ4v) is 5.10. The Kier molecular flexibility index (Phi) is 5.62. The Morgan fingerprint density at radius 3 is 2.48 bits per heavy atom. The summed E-state index contributed by atoms with van der Waals surface area (Å²) in [4.78, 5) is 18.2. The first-order valence-electron chi connectivity index (χ1n) is 10.3. The Balaban J connectivity index is 1.43. The number of nitrogens with zero attached hydrogens (tertiary/aromatic N) is 2. The number of likely N-dealkylation sites (tertiary alicyclic amines) is 1. The van der Waals surface area contributed by atoms with Crippen LogP contribution in [-0.2, 0) is 4.74 Å². The topological polar surface area (TPSA) is 50.3 Å². The quantitative estimate of drug-likeness (QED) is 0.846. The van der Waals surface area contributed by atoms with E-state index in [4.69, 9.17) is 16.3 Å². The van der Waals surface area contributed by atoms with Crippen LogP contribution in [0, 0.1) is 6.92 Å². The van der Waals surface area contributed by atoms with E-state index in [-0.39, 0.29) is 11.7 Å². The van der Waals surface area contributed by atoms with Crippen LogP contribution in [0.2, 0.25) is 5.02 Å². The van der Waals surface area contributed by atoms with Crippen LogP contribution in [-0.4, -0.2) is 46.3 Å². The van der Waals surface area contributed by atoms with Gasteiger partial charge in [0.25, 0.3) is 0 Å². The van der Waals surface area contributed by atoms with Crippen LogP contribution in [0.3, 0.4) is 0 Å². The number of imidazole rings is 1. The molecule has 2 heterocycles. The largest absolute Gasteiger partial charge is 0.379 e. The van der Waals surface area contributed by atoms with Gasteiger partial charge in [0.15, 0.2) is 0 Å². The molecule has 1 aromatic heterocycles. The van der Waals surface area contributed by atoms with Gasteiger partial charge >= 0.3 is 5.69 Å². The van der Waals surface area contributed by atoms with E-state index >= 15 is 0 Å². The molecule has 2 fully saturated rings. The van der Waals surface area contributed by atoms with Crippen LogP contribution >= 0.6 is 11.6 Å². The van der Waals surface area contributed by atoms with Crippen molar-refractivity contribution in [3.05, 3.63) is 33.2 Å². The predicted octanol–water partition coefficient (Wildman–Crippen LogP) is 4.28. The SMILES string of the molecule is CCOC1CCC(N2CCC(n3c(=O)[nH]c4cc(C)c(Cl)cc43)CC2)CC1. The molecule has 0 spiro atoms. The predicted molar refractivity (Wildman–Crippen MR) is 110 cm³/mol. The zero-order valence-corrected chi connectivity index (χ0v) is 17.1. The summed E-state index contributed by atoms with van der Waals surface area (Å²) in [5.74, 6) is 0. The number of hydrogen-bond acceptors (Lipinski definition) is 3. The van der Waals surface area contributed by atoms with Gasteiger partial charge in [0.1, 0.15) is 0 Å². The first kappa shape index (κ1) is 19.0. The van der Waals surface area contributed by atoms with Crippen LogP contribution in [0.5, 0.6) is 0 Å². The lowest BCUT2D eigenvalue weighted by Gasteiger charge is -2.40. The van der Waals surface area contributed by atoms with Gasteiger partial charge in [0, 0.05) is 36.8 Å². The van der Waals surface area contributed by atoms with Crippen molar-refractivity contribution in [2.24, 2.45) is 0 Å². The molecule has 4 rings (SSSR count). The molecule has 27 heavy (non-hydrogen) atoms. The number of ether oxygens (including phenoxy) is 1. The highest BCUT2D eigenvalue weighted by molar-refractivity contribution is 6.32. The number of aromatic amines is 1. The number of rotatable bonds is 4. The Hall–Kier alpha value is -1.30. The number of aryl methyl sites for hydroxylation is 1. The number of benzene rings is 1. The molecule has 1 saturated heterocycles. The monoisotopic (exact) mass is 391 g/mol. The van der Waals surface area contributed by atoms with E-state index < -0.39 is 0 Å². The van der Waals surface area contributed by atoms with Crippen LogP contribution in [0.4, 0.5) is 0 Å². The van der Waals surface area contributed by atoms with Crippen molar-refractivity contribution in [1.29, 1.82) is 0 Å². The van der Waals surface area contributed by atoms with Crippen molar-refractivity contribution in [1.82, 2.24) is 14.5 Å². The van der Waals surface area contributed by atoms with E-state index in [9.17, 15) is 4.79 Å². The molecule has 1 saturated carbocycles. The van der Waals surface area contributed by atoms with Gasteiger partial charge in [-0.05, 0) is 70.1 Å². The molecule has 0 bridgehead atoms. The highest BCUT2D eigenvalue weighted by Gasteiger charge is 2.30. The Morgan fingerprint density at radius 1 is 1.11 bits per heavy atom. The van der Waals surface area contributed by atoms with E-state index in [1.165, 1.54) is 25.7 Å². The second-order valence-corrected chi connectivity index (χ2v) is 8.48. The minimum absolute atomic E-state index is 0.0117. The molecule has 1 aliphatic heterocycles. The van der Waals surface area contributed by atoms with Crippen molar-refractivity contribution in [3.8, 4) is 0 Å². The average molecular weight is 392 g/mol. The maximum Gasteiger partial charge on any atom is 0.326 e. The molecule has 0 atom stereocenters. The Bertz CT molecular complexity index is 843. The molecule has 2 aromatic rings. The van der Waals surface area contributed by atoms with Crippen LogP contribution in [0.15, 0.2) is 16.9 Å². The lowest BCUT2D eigenvalue weighted by atomic mass is 9.90. The van der Waals surface area contributed by atoms with Gasteiger partial charge in [-0.1, -0.05) is 11.6 Å². The lowest BCUT2D eigenvalue weighted by molar-refractivity contribution is 0.00796. The van der Waals surface area contributed by atoms with Gasteiger partial charge in [-0.25, -0.2) is 4.79 Å². The highest BCUT2D eigenvalue weighted by atomic mass is 35.5. The zero-order valence-electron chi connectivity index (χ0n) is 16.3. The van der Waals surface area contributed by atoms with E-state index in [0.29, 0.717) is 12.1 Å². The molecule has 0 radical (unpaired) electrons. The average Bonchev–Trinajstić information content (AvgIpc) is 2.98. The maximum atomic E-state index is 12.6. The Labute approximate surface area is 165 Å². The molecular formula is C21H30ClN3O2. The summed E-state index contributed by atoms with van der Waals surface area (Å²) in [7, 11) is 0. The maximum absolute atomic E-state index is 12.6.